The highest BCUT2D eigenvalue weighted by Crippen LogP contribution is 2.35. The zero-order valence-corrected chi connectivity index (χ0v) is 12.8. The first-order valence-electron chi connectivity index (χ1n) is 6.68. The molecule has 0 heterocycles. The predicted octanol–water partition coefficient (Wildman–Crippen LogP) is 3.70. The summed E-state index contributed by atoms with van der Waals surface area (Å²) in [4.78, 5) is 2.54. The summed E-state index contributed by atoms with van der Waals surface area (Å²) in [7, 11) is 1.78. The standard InChI is InChI=1S/C15H22BrNO/c1-12(13-7-8-13)17(9-10-18-2)11-14-5-3-4-6-15(14)16/h3-6,12-13H,7-11H2,1-2H3. The fourth-order valence-electron chi connectivity index (χ4n) is 2.36. The molecule has 0 radical (unpaired) electrons. The molecule has 0 spiro atoms. The Labute approximate surface area is 118 Å². The number of rotatable bonds is 7. The largest absolute Gasteiger partial charge is 0.383 e. The Kier molecular flexibility index (Phi) is 5.22. The van der Waals surface area contributed by atoms with E-state index < -0.39 is 0 Å². The van der Waals surface area contributed by atoms with Crippen LogP contribution >= 0.6 is 15.9 Å². The molecule has 1 fully saturated rings. The number of nitrogens with zero attached hydrogens (tertiary/aromatic N) is 1. The molecule has 1 aliphatic carbocycles. The maximum absolute atomic E-state index is 5.24. The van der Waals surface area contributed by atoms with Crippen LogP contribution in [0.4, 0.5) is 0 Å². The number of hydrogen-bond donors (Lipinski definition) is 0. The number of ether oxygens (including phenoxy) is 1. The van der Waals surface area contributed by atoms with Crippen LogP contribution in [0.2, 0.25) is 0 Å². The maximum Gasteiger partial charge on any atom is 0.0589 e. The maximum atomic E-state index is 5.24. The lowest BCUT2D eigenvalue weighted by atomic mass is 10.1. The van der Waals surface area contributed by atoms with Crippen molar-refractivity contribution < 1.29 is 4.74 Å². The molecule has 18 heavy (non-hydrogen) atoms. The summed E-state index contributed by atoms with van der Waals surface area (Å²) in [6.45, 7) is 5.17. The van der Waals surface area contributed by atoms with Crippen LogP contribution < -0.4 is 0 Å². The van der Waals surface area contributed by atoms with Crippen LogP contribution in [0.1, 0.15) is 25.3 Å². The highest BCUT2D eigenvalue weighted by atomic mass is 79.9. The number of halogens is 1. The zero-order chi connectivity index (χ0) is 13.0. The molecule has 0 aliphatic heterocycles. The van der Waals surface area contributed by atoms with Crippen molar-refractivity contribution in [3.63, 3.8) is 0 Å². The van der Waals surface area contributed by atoms with Crippen molar-refractivity contribution in [1.29, 1.82) is 0 Å². The summed E-state index contributed by atoms with van der Waals surface area (Å²) in [5, 5.41) is 0. The summed E-state index contributed by atoms with van der Waals surface area (Å²) in [5.74, 6) is 0.893. The van der Waals surface area contributed by atoms with Crippen molar-refractivity contribution in [3.8, 4) is 0 Å². The van der Waals surface area contributed by atoms with Crippen LogP contribution in [-0.4, -0.2) is 31.2 Å². The minimum absolute atomic E-state index is 0.659. The highest BCUT2D eigenvalue weighted by Gasteiger charge is 2.31. The minimum atomic E-state index is 0.659. The van der Waals surface area contributed by atoms with E-state index in [9.17, 15) is 0 Å². The van der Waals surface area contributed by atoms with Crippen LogP contribution in [-0.2, 0) is 11.3 Å². The molecule has 0 aromatic heterocycles. The van der Waals surface area contributed by atoms with Gasteiger partial charge < -0.3 is 4.74 Å². The molecular weight excluding hydrogens is 290 g/mol. The summed E-state index contributed by atoms with van der Waals surface area (Å²) < 4.78 is 6.44. The van der Waals surface area contributed by atoms with Gasteiger partial charge in [-0.3, -0.25) is 4.90 Å². The second kappa shape index (κ2) is 6.69. The Morgan fingerprint density at radius 3 is 2.72 bits per heavy atom. The van der Waals surface area contributed by atoms with Gasteiger partial charge in [0.05, 0.1) is 6.61 Å². The van der Waals surface area contributed by atoms with Gasteiger partial charge in [0, 0.05) is 30.7 Å². The van der Waals surface area contributed by atoms with Gasteiger partial charge in [0.1, 0.15) is 0 Å². The third-order valence-corrected chi connectivity index (χ3v) is 4.57. The zero-order valence-electron chi connectivity index (χ0n) is 11.2. The lowest BCUT2D eigenvalue weighted by molar-refractivity contribution is 0.111. The highest BCUT2D eigenvalue weighted by molar-refractivity contribution is 9.10. The smallest absolute Gasteiger partial charge is 0.0589 e. The van der Waals surface area contributed by atoms with Crippen molar-refractivity contribution in [3.05, 3.63) is 34.3 Å². The quantitative estimate of drug-likeness (QED) is 0.761. The van der Waals surface area contributed by atoms with E-state index in [-0.39, 0.29) is 0 Å². The van der Waals surface area contributed by atoms with E-state index in [0.29, 0.717) is 6.04 Å². The first-order valence-corrected chi connectivity index (χ1v) is 7.48. The molecule has 2 nitrogen and oxygen atoms in total. The van der Waals surface area contributed by atoms with Gasteiger partial charge in [-0.05, 0) is 37.3 Å². The average Bonchev–Trinajstić information content (AvgIpc) is 3.20. The van der Waals surface area contributed by atoms with E-state index in [4.69, 9.17) is 4.74 Å². The fourth-order valence-corrected chi connectivity index (χ4v) is 2.77. The van der Waals surface area contributed by atoms with E-state index in [2.05, 4.69) is 52.0 Å². The third kappa shape index (κ3) is 3.81. The van der Waals surface area contributed by atoms with E-state index in [1.54, 1.807) is 7.11 Å². The van der Waals surface area contributed by atoms with Crippen LogP contribution in [0, 0.1) is 5.92 Å². The Bertz CT molecular complexity index is 379. The van der Waals surface area contributed by atoms with Gasteiger partial charge in [-0.1, -0.05) is 34.1 Å². The molecule has 1 aromatic carbocycles. The molecule has 1 saturated carbocycles. The van der Waals surface area contributed by atoms with Gasteiger partial charge in [-0.15, -0.1) is 0 Å². The number of benzene rings is 1. The van der Waals surface area contributed by atoms with Gasteiger partial charge in [-0.2, -0.15) is 0 Å². The van der Waals surface area contributed by atoms with Crippen molar-refractivity contribution in [2.75, 3.05) is 20.3 Å². The topological polar surface area (TPSA) is 12.5 Å². The predicted molar refractivity (Wildman–Crippen MR) is 78.6 cm³/mol. The summed E-state index contributed by atoms with van der Waals surface area (Å²) >= 11 is 3.64. The Hall–Kier alpha value is -0.380. The SMILES string of the molecule is COCCN(Cc1ccccc1Br)C(C)C1CC1. The molecule has 100 valence electrons. The second-order valence-electron chi connectivity index (χ2n) is 5.13. The van der Waals surface area contributed by atoms with Gasteiger partial charge in [-0.25, -0.2) is 0 Å². The Morgan fingerprint density at radius 2 is 2.11 bits per heavy atom. The van der Waals surface area contributed by atoms with Gasteiger partial charge in [0.15, 0.2) is 0 Å². The van der Waals surface area contributed by atoms with Crippen molar-refractivity contribution in [2.45, 2.75) is 32.4 Å². The molecule has 3 heteroatoms. The van der Waals surface area contributed by atoms with Gasteiger partial charge in [0.25, 0.3) is 0 Å². The van der Waals surface area contributed by atoms with E-state index in [0.717, 1.165) is 25.6 Å². The molecule has 0 amide bonds. The number of hydrogen-bond acceptors (Lipinski definition) is 2. The Morgan fingerprint density at radius 1 is 1.39 bits per heavy atom. The van der Waals surface area contributed by atoms with E-state index in [1.807, 2.05) is 0 Å². The molecule has 1 aliphatic rings. The van der Waals surface area contributed by atoms with Crippen LogP contribution in [0.3, 0.4) is 0 Å². The summed E-state index contributed by atoms with van der Waals surface area (Å²) in [6.07, 6.45) is 2.78. The van der Waals surface area contributed by atoms with Crippen molar-refractivity contribution >= 4 is 15.9 Å². The first kappa shape index (κ1) is 14.0. The van der Waals surface area contributed by atoms with E-state index >= 15 is 0 Å². The van der Waals surface area contributed by atoms with Crippen LogP contribution in [0.25, 0.3) is 0 Å². The van der Waals surface area contributed by atoms with Crippen LogP contribution in [0.5, 0.6) is 0 Å². The number of methoxy groups -OCH3 is 1. The molecule has 1 atom stereocenters. The normalized spacial score (nSPS) is 17.1. The van der Waals surface area contributed by atoms with Gasteiger partial charge in [0.2, 0.25) is 0 Å². The lowest BCUT2D eigenvalue weighted by Gasteiger charge is -2.29. The Balaban J connectivity index is 2.01. The molecule has 0 saturated heterocycles. The van der Waals surface area contributed by atoms with Gasteiger partial charge >= 0.3 is 0 Å². The first-order chi connectivity index (χ1) is 8.72. The van der Waals surface area contributed by atoms with Crippen molar-refractivity contribution in [1.82, 2.24) is 4.90 Å². The molecule has 2 rings (SSSR count). The third-order valence-electron chi connectivity index (χ3n) is 3.79. The van der Waals surface area contributed by atoms with Crippen molar-refractivity contribution in [2.24, 2.45) is 5.92 Å². The average molecular weight is 312 g/mol. The summed E-state index contributed by atoms with van der Waals surface area (Å²) in [6, 6.07) is 9.15. The lowest BCUT2D eigenvalue weighted by Crippen LogP contribution is -2.36. The molecular formula is C15H22BrNO. The fraction of sp³-hybridized carbons (Fsp3) is 0.600. The molecule has 1 unspecified atom stereocenters. The van der Waals surface area contributed by atoms with Crippen LogP contribution in [0.15, 0.2) is 28.7 Å². The summed E-state index contributed by atoms with van der Waals surface area (Å²) in [5.41, 5.74) is 1.36. The minimum Gasteiger partial charge on any atom is -0.383 e. The molecule has 0 N–H and O–H groups in total. The second-order valence-corrected chi connectivity index (χ2v) is 5.99. The molecule has 0 bridgehead atoms. The monoisotopic (exact) mass is 311 g/mol. The van der Waals surface area contributed by atoms with E-state index in [1.165, 1.54) is 22.9 Å². The molecule has 1 aromatic rings.